The van der Waals surface area contributed by atoms with E-state index in [1.807, 2.05) is 0 Å². The number of unbranched alkanes of at least 4 members (excludes halogenated alkanes) is 10. The summed E-state index contributed by atoms with van der Waals surface area (Å²) in [7, 11) is -6.08. The third-order valence-corrected chi connectivity index (χ3v) is 9.41. The van der Waals surface area contributed by atoms with Crippen LogP contribution in [0.1, 0.15) is 84.0 Å². The normalized spacial score (nSPS) is 24.6. The van der Waals surface area contributed by atoms with Crippen molar-refractivity contribution in [2.75, 3.05) is 6.61 Å². The number of aliphatic hydroxyl groups is 1. The van der Waals surface area contributed by atoms with Crippen LogP contribution in [0.15, 0.2) is 0 Å². The van der Waals surface area contributed by atoms with Crippen LogP contribution in [-0.4, -0.2) is 73.3 Å². The van der Waals surface area contributed by atoms with Crippen LogP contribution < -0.4 is 0 Å². The molecular weight excluding hydrogens is 545 g/mol. The smallest absolute Gasteiger partial charge is 0.305 e. The van der Waals surface area contributed by atoms with E-state index in [4.69, 9.17) is 22.8 Å². The third kappa shape index (κ3) is 17.5. The fraction of sp³-hybridized carbons (Fsp3) is 0.966. The van der Waals surface area contributed by atoms with Crippen LogP contribution in [0.4, 0.5) is 0 Å². The molecule has 0 unspecified atom stereocenters. The molecule has 1 heterocycles. The molecule has 1 aliphatic heterocycles. The molecule has 0 spiro atoms. The summed E-state index contributed by atoms with van der Waals surface area (Å²) in [6.07, 6.45) is 10.6. The highest BCUT2D eigenvalue weighted by molar-refractivity contribution is 6.70. The Labute approximate surface area is 243 Å². The minimum atomic E-state index is -2.03. The number of hydrogen-bond acceptors (Lipinski definition) is 7. The van der Waals surface area contributed by atoms with Crippen molar-refractivity contribution in [1.82, 2.24) is 0 Å². The summed E-state index contributed by atoms with van der Waals surface area (Å²) in [6.45, 7) is 21.3. The maximum Gasteiger partial charge on any atom is 0.305 e. The molecule has 1 aliphatic rings. The molecule has 1 saturated heterocycles. The van der Waals surface area contributed by atoms with Gasteiger partial charge in [0.05, 0.1) is 0 Å². The first-order valence-electron chi connectivity index (χ1n) is 15.5. The third-order valence-electron chi connectivity index (χ3n) is 6.47. The molecule has 0 aromatic rings. The van der Waals surface area contributed by atoms with E-state index in [0.29, 0.717) is 6.42 Å². The van der Waals surface area contributed by atoms with Gasteiger partial charge >= 0.3 is 5.97 Å². The standard InChI is InChI=1S/C29H62O7Si3/c1-11-12-13-14-15-16-17-18-19-20-21-22-25(30)32-23-24-26(34-37(2,3)4)27(35-38(5,6)7)28(29(31)33-24)36-39(8,9)10/h24,26-29,31H,11-23H2,1-10H3/t24-,26-,27+,28-,29+/m1/s1. The van der Waals surface area contributed by atoms with E-state index in [1.165, 1.54) is 57.8 Å². The molecule has 1 fully saturated rings. The molecule has 7 nitrogen and oxygen atoms in total. The second-order valence-corrected chi connectivity index (χ2v) is 27.5. The van der Waals surface area contributed by atoms with Crippen molar-refractivity contribution in [3.8, 4) is 0 Å². The van der Waals surface area contributed by atoms with Gasteiger partial charge in [-0.05, 0) is 65.3 Å². The van der Waals surface area contributed by atoms with Gasteiger partial charge in [0.15, 0.2) is 31.2 Å². The summed E-state index contributed by atoms with van der Waals surface area (Å²) in [5, 5.41) is 11.0. The van der Waals surface area contributed by atoms with E-state index in [-0.39, 0.29) is 12.6 Å². The van der Waals surface area contributed by atoms with Crippen molar-refractivity contribution in [3.63, 3.8) is 0 Å². The minimum Gasteiger partial charge on any atom is -0.463 e. The average Bonchev–Trinajstić information content (AvgIpc) is 2.78. The fourth-order valence-corrected chi connectivity index (χ4v) is 8.09. The second-order valence-electron chi connectivity index (χ2n) is 14.1. The maximum absolute atomic E-state index is 12.6. The lowest BCUT2D eigenvalue weighted by molar-refractivity contribution is -0.277. The average molecular weight is 607 g/mol. The predicted molar refractivity (Wildman–Crippen MR) is 168 cm³/mol. The van der Waals surface area contributed by atoms with Crippen LogP contribution in [0.2, 0.25) is 58.9 Å². The zero-order chi connectivity index (χ0) is 29.7. The number of carbonyl (C=O) groups is 1. The zero-order valence-electron chi connectivity index (χ0n) is 27.0. The number of carbonyl (C=O) groups excluding carboxylic acids is 1. The van der Waals surface area contributed by atoms with Crippen molar-refractivity contribution in [2.45, 2.75) is 174 Å². The molecule has 5 atom stereocenters. The monoisotopic (exact) mass is 606 g/mol. The van der Waals surface area contributed by atoms with Gasteiger partial charge in [-0.3, -0.25) is 4.79 Å². The van der Waals surface area contributed by atoms with Gasteiger partial charge in [-0.1, -0.05) is 71.1 Å². The summed E-state index contributed by atoms with van der Waals surface area (Å²) in [5.74, 6) is -0.223. The van der Waals surface area contributed by atoms with Gasteiger partial charge in [-0.15, -0.1) is 0 Å². The lowest BCUT2D eigenvalue weighted by atomic mass is 9.99. The first-order valence-corrected chi connectivity index (χ1v) is 25.8. The number of esters is 1. The Morgan fingerprint density at radius 3 is 1.51 bits per heavy atom. The van der Waals surface area contributed by atoms with E-state index in [2.05, 4.69) is 65.8 Å². The Kier molecular flexibility index (Phi) is 16.8. The summed E-state index contributed by atoms with van der Waals surface area (Å²) < 4.78 is 31.3. The van der Waals surface area contributed by atoms with E-state index in [0.717, 1.165) is 12.8 Å². The van der Waals surface area contributed by atoms with Crippen molar-refractivity contribution in [3.05, 3.63) is 0 Å². The quantitative estimate of drug-likeness (QED) is 0.0867. The van der Waals surface area contributed by atoms with Crippen LogP contribution in [0, 0.1) is 0 Å². The molecule has 1 rings (SSSR count). The van der Waals surface area contributed by atoms with E-state index in [9.17, 15) is 9.90 Å². The molecule has 0 bridgehead atoms. The summed E-state index contributed by atoms with van der Waals surface area (Å²) in [6, 6.07) is 0. The lowest BCUT2D eigenvalue weighted by Crippen LogP contribution is -2.65. The number of aliphatic hydroxyl groups excluding tert-OH is 1. The molecule has 1 N–H and O–H groups in total. The van der Waals surface area contributed by atoms with Crippen LogP contribution in [0.25, 0.3) is 0 Å². The Hall–Kier alpha value is -0.0794. The van der Waals surface area contributed by atoms with Gasteiger partial charge in [0.2, 0.25) is 0 Å². The van der Waals surface area contributed by atoms with Gasteiger partial charge in [0, 0.05) is 6.42 Å². The highest BCUT2D eigenvalue weighted by Gasteiger charge is 2.51. The maximum atomic E-state index is 12.6. The van der Waals surface area contributed by atoms with Crippen LogP contribution in [0.3, 0.4) is 0 Å². The summed E-state index contributed by atoms with van der Waals surface area (Å²) >= 11 is 0. The predicted octanol–water partition coefficient (Wildman–Crippen LogP) is 7.61. The van der Waals surface area contributed by atoms with Crippen LogP contribution >= 0.6 is 0 Å². The Bertz CT molecular complexity index is 673. The molecule has 0 radical (unpaired) electrons. The minimum absolute atomic E-state index is 0.0360. The Balaban J connectivity index is 2.64. The zero-order valence-corrected chi connectivity index (χ0v) is 30.0. The SMILES string of the molecule is CCCCCCCCCCCCCC(=O)OC[C@H]1O[C@H](O)[C@H](O[Si](C)(C)C)[C@@H](O[Si](C)(C)C)[C@@H]1O[Si](C)(C)C. The number of hydrogen-bond donors (Lipinski definition) is 1. The van der Waals surface area contributed by atoms with Crippen molar-refractivity contribution in [1.29, 1.82) is 0 Å². The second kappa shape index (κ2) is 17.8. The van der Waals surface area contributed by atoms with Gasteiger partial charge < -0.3 is 27.9 Å². The largest absolute Gasteiger partial charge is 0.463 e. The molecule has 0 aromatic carbocycles. The van der Waals surface area contributed by atoms with Gasteiger partial charge in [-0.2, -0.15) is 0 Å². The summed E-state index contributed by atoms with van der Waals surface area (Å²) in [4.78, 5) is 12.6. The molecular formula is C29H62O7Si3. The molecule has 10 heteroatoms. The van der Waals surface area contributed by atoms with Gasteiger partial charge in [-0.25, -0.2) is 0 Å². The van der Waals surface area contributed by atoms with Crippen molar-refractivity contribution < 1.29 is 32.7 Å². The first kappa shape index (κ1) is 36.9. The fourth-order valence-electron chi connectivity index (χ4n) is 4.84. The van der Waals surface area contributed by atoms with Crippen molar-refractivity contribution in [2.24, 2.45) is 0 Å². The highest BCUT2D eigenvalue weighted by Crippen LogP contribution is 2.33. The number of rotatable bonds is 20. The molecule has 0 aliphatic carbocycles. The molecule has 0 saturated carbocycles. The number of ether oxygens (including phenoxy) is 2. The topological polar surface area (TPSA) is 83.5 Å². The molecule has 0 amide bonds. The van der Waals surface area contributed by atoms with E-state index in [1.54, 1.807) is 0 Å². The van der Waals surface area contributed by atoms with Crippen LogP contribution in [0.5, 0.6) is 0 Å². The van der Waals surface area contributed by atoms with Crippen molar-refractivity contribution >= 4 is 30.9 Å². The molecule has 232 valence electrons. The Morgan fingerprint density at radius 1 is 0.641 bits per heavy atom. The summed E-state index contributed by atoms with van der Waals surface area (Å²) in [5.41, 5.74) is 0. The highest BCUT2D eigenvalue weighted by atomic mass is 28.4. The first-order chi connectivity index (χ1) is 18.0. The Morgan fingerprint density at radius 2 is 1.05 bits per heavy atom. The lowest BCUT2D eigenvalue weighted by Gasteiger charge is -2.49. The van der Waals surface area contributed by atoms with Gasteiger partial charge in [0.25, 0.3) is 0 Å². The molecule has 0 aromatic heterocycles. The van der Waals surface area contributed by atoms with E-state index < -0.39 is 55.7 Å². The van der Waals surface area contributed by atoms with Crippen LogP contribution in [-0.2, 0) is 27.5 Å². The molecule has 39 heavy (non-hydrogen) atoms. The van der Waals surface area contributed by atoms with Gasteiger partial charge in [0.1, 0.15) is 31.0 Å². The van der Waals surface area contributed by atoms with E-state index >= 15 is 0 Å².